The lowest BCUT2D eigenvalue weighted by Crippen LogP contribution is -2.28. The lowest BCUT2D eigenvalue weighted by Gasteiger charge is -2.04. The van der Waals surface area contributed by atoms with E-state index in [0.29, 0.717) is 19.4 Å². The second-order valence-corrected chi connectivity index (χ2v) is 7.55. The fourth-order valence-electron chi connectivity index (χ4n) is 1.80. The first kappa shape index (κ1) is 16.1. The number of nitrogens with one attached hydrogen (secondary N) is 1. The maximum Gasteiger partial charge on any atom is 0.211 e. The number of pyridine rings is 1. The second-order valence-electron chi connectivity index (χ2n) is 4.68. The maximum absolute atomic E-state index is 11.7. The minimum Gasteiger partial charge on any atom is -0.265 e. The molecule has 0 atom stereocenters. The van der Waals surface area contributed by atoms with Crippen LogP contribution in [0.5, 0.6) is 0 Å². The van der Waals surface area contributed by atoms with Crippen LogP contribution in [0.15, 0.2) is 29.9 Å². The number of thiazole rings is 1. The first-order valence-electron chi connectivity index (χ1n) is 6.93. The largest absolute Gasteiger partial charge is 0.265 e. The molecule has 7 heteroatoms. The van der Waals surface area contributed by atoms with E-state index in [0.717, 1.165) is 22.7 Å². The minimum atomic E-state index is -3.14. The Hall–Kier alpha value is -1.31. The molecular formula is C14H19N3O2S2. The molecule has 0 aliphatic rings. The summed E-state index contributed by atoms with van der Waals surface area (Å²) >= 11 is 1.55. The standard InChI is InChI=1S/C14H19N3O2S2/c1-2-3-10-21(18,19)16-9-6-14-17-13(11-20-14)12-4-7-15-8-5-12/h4-5,7-8,11,16H,2-3,6,9-10H2,1H3. The SMILES string of the molecule is CCCCS(=O)(=O)NCCc1nc(-c2ccncc2)cs1. The van der Waals surface area contributed by atoms with Crippen LogP contribution < -0.4 is 4.72 Å². The van der Waals surface area contributed by atoms with Crippen LogP contribution in [0.3, 0.4) is 0 Å². The van der Waals surface area contributed by atoms with E-state index in [1.54, 1.807) is 23.7 Å². The topological polar surface area (TPSA) is 72.0 Å². The Morgan fingerprint density at radius 1 is 1.29 bits per heavy atom. The number of hydrogen-bond acceptors (Lipinski definition) is 5. The average molecular weight is 325 g/mol. The summed E-state index contributed by atoms with van der Waals surface area (Å²) in [6.45, 7) is 2.38. The van der Waals surface area contributed by atoms with Crippen molar-refractivity contribution in [3.8, 4) is 11.3 Å². The van der Waals surface area contributed by atoms with E-state index in [1.165, 1.54) is 0 Å². The molecule has 2 aromatic rings. The number of nitrogens with zero attached hydrogens (tertiary/aromatic N) is 2. The van der Waals surface area contributed by atoms with Crippen LogP contribution in [0.1, 0.15) is 24.8 Å². The van der Waals surface area contributed by atoms with Gasteiger partial charge in [-0.05, 0) is 18.6 Å². The van der Waals surface area contributed by atoms with Gasteiger partial charge >= 0.3 is 0 Å². The summed E-state index contributed by atoms with van der Waals surface area (Å²) in [5, 5.41) is 2.91. The second kappa shape index (κ2) is 7.63. The van der Waals surface area contributed by atoms with Crippen molar-refractivity contribution in [1.29, 1.82) is 0 Å². The molecule has 0 bridgehead atoms. The summed E-state index contributed by atoms with van der Waals surface area (Å²) in [6.07, 6.45) is 5.65. The van der Waals surface area contributed by atoms with Crippen LogP contribution in [0.2, 0.25) is 0 Å². The molecule has 0 fully saturated rings. The van der Waals surface area contributed by atoms with Crippen molar-refractivity contribution in [3.63, 3.8) is 0 Å². The third-order valence-corrected chi connectivity index (χ3v) is 5.33. The van der Waals surface area contributed by atoms with E-state index in [-0.39, 0.29) is 5.75 Å². The molecule has 114 valence electrons. The highest BCUT2D eigenvalue weighted by Gasteiger charge is 2.09. The normalized spacial score (nSPS) is 11.7. The monoisotopic (exact) mass is 325 g/mol. The fraction of sp³-hybridized carbons (Fsp3) is 0.429. The summed E-state index contributed by atoms with van der Waals surface area (Å²) in [5.41, 5.74) is 1.93. The van der Waals surface area contributed by atoms with Gasteiger partial charge in [-0.2, -0.15) is 0 Å². The van der Waals surface area contributed by atoms with E-state index in [2.05, 4.69) is 14.7 Å². The molecule has 0 unspecified atom stereocenters. The Bertz CT molecular complexity index is 654. The third kappa shape index (κ3) is 5.18. The van der Waals surface area contributed by atoms with E-state index in [1.807, 2.05) is 24.4 Å². The number of hydrogen-bond donors (Lipinski definition) is 1. The molecule has 0 spiro atoms. The van der Waals surface area contributed by atoms with Crippen LogP contribution in [-0.4, -0.2) is 30.7 Å². The van der Waals surface area contributed by atoms with Gasteiger partial charge in [0.2, 0.25) is 10.0 Å². The molecule has 0 amide bonds. The van der Waals surface area contributed by atoms with Gasteiger partial charge in [0.15, 0.2) is 0 Å². The van der Waals surface area contributed by atoms with Crippen molar-refractivity contribution in [2.45, 2.75) is 26.2 Å². The molecule has 0 aliphatic carbocycles. The molecule has 2 heterocycles. The first-order valence-corrected chi connectivity index (χ1v) is 9.46. The van der Waals surface area contributed by atoms with Crippen LogP contribution in [0.25, 0.3) is 11.3 Å². The molecule has 0 aliphatic heterocycles. The summed E-state index contributed by atoms with van der Waals surface area (Å²) in [7, 11) is -3.14. The summed E-state index contributed by atoms with van der Waals surface area (Å²) < 4.78 is 26.0. The molecule has 0 aromatic carbocycles. The predicted molar refractivity (Wildman–Crippen MR) is 85.7 cm³/mol. The Labute approximate surface area is 129 Å². The van der Waals surface area contributed by atoms with E-state index in [9.17, 15) is 8.42 Å². The Morgan fingerprint density at radius 3 is 2.76 bits per heavy atom. The van der Waals surface area contributed by atoms with Gasteiger partial charge in [-0.25, -0.2) is 18.1 Å². The van der Waals surface area contributed by atoms with Gasteiger partial charge in [0.25, 0.3) is 0 Å². The maximum atomic E-state index is 11.7. The Morgan fingerprint density at radius 2 is 2.05 bits per heavy atom. The summed E-state index contributed by atoms with van der Waals surface area (Å²) in [6, 6.07) is 3.82. The zero-order valence-corrected chi connectivity index (χ0v) is 13.6. The van der Waals surface area contributed by atoms with E-state index in [4.69, 9.17) is 0 Å². The molecule has 2 aromatic heterocycles. The van der Waals surface area contributed by atoms with Crippen LogP contribution in [-0.2, 0) is 16.4 Å². The van der Waals surface area contributed by atoms with Crippen molar-refractivity contribution in [3.05, 3.63) is 34.9 Å². The highest BCUT2D eigenvalue weighted by molar-refractivity contribution is 7.89. The molecule has 2 rings (SSSR count). The van der Waals surface area contributed by atoms with Gasteiger partial charge in [0.1, 0.15) is 0 Å². The quantitative estimate of drug-likeness (QED) is 0.809. The number of rotatable bonds is 8. The highest BCUT2D eigenvalue weighted by Crippen LogP contribution is 2.21. The molecule has 0 radical (unpaired) electrons. The van der Waals surface area contributed by atoms with Crippen LogP contribution in [0.4, 0.5) is 0 Å². The highest BCUT2D eigenvalue weighted by atomic mass is 32.2. The van der Waals surface area contributed by atoms with Gasteiger partial charge in [-0.1, -0.05) is 13.3 Å². The van der Waals surface area contributed by atoms with Crippen molar-refractivity contribution in [2.24, 2.45) is 0 Å². The van der Waals surface area contributed by atoms with Gasteiger partial charge < -0.3 is 0 Å². The third-order valence-electron chi connectivity index (χ3n) is 2.96. The smallest absolute Gasteiger partial charge is 0.211 e. The fourth-order valence-corrected chi connectivity index (χ4v) is 3.83. The van der Waals surface area contributed by atoms with Crippen molar-refractivity contribution >= 4 is 21.4 Å². The van der Waals surface area contributed by atoms with Crippen LogP contribution in [0, 0.1) is 0 Å². The first-order chi connectivity index (χ1) is 10.1. The van der Waals surface area contributed by atoms with Gasteiger partial charge in [0.05, 0.1) is 16.5 Å². The number of aromatic nitrogens is 2. The molecule has 0 saturated carbocycles. The summed E-state index contributed by atoms with van der Waals surface area (Å²) in [4.78, 5) is 8.50. The Balaban J connectivity index is 1.86. The lowest BCUT2D eigenvalue weighted by molar-refractivity contribution is 0.578. The molecule has 21 heavy (non-hydrogen) atoms. The minimum absolute atomic E-state index is 0.198. The molecule has 1 N–H and O–H groups in total. The van der Waals surface area contributed by atoms with Crippen molar-refractivity contribution in [1.82, 2.24) is 14.7 Å². The lowest BCUT2D eigenvalue weighted by atomic mass is 10.2. The van der Waals surface area contributed by atoms with E-state index < -0.39 is 10.0 Å². The molecular weight excluding hydrogens is 306 g/mol. The van der Waals surface area contributed by atoms with E-state index >= 15 is 0 Å². The Kier molecular flexibility index (Phi) is 5.84. The zero-order valence-electron chi connectivity index (χ0n) is 11.9. The van der Waals surface area contributed by atoms with Crippen LogP contribution >= 0.6 is 11.3 Å². The number of unbranched alkanes of at least 4 members (excludes halogenated alkanes) is 1. The van der Waals surface area contributed by atoms with Gasteiger partial charge in [0, 0.05) is 36.3 Å². The van der Waals surface area contributed by atoms with Crippen molar-refractivity contribution in [2.75, 3.05) is 12.3 Å². The zero-order chi connectivity index (χ0) is 15.1. The summed E-state index contributed by atoms with van der Waals surface area (Å²) in [5.74, 6) is 0.198. The number of sulfonamides is 1. The van der Waals surface area contributed by atoms with Gasteiger partial charge in [-0.3, -0.25) is 4.98 Å². The van der Waals surface area contributed by atoms with Gasteiger partial charge in [-0.15, -0.1) is 11.3 Å². The predicted octanol–water partition coefficient (Wildman–Crippen LogP) is 2.47. The average Bonchev–Trinajstić information content (AvgIpc) is 2.95. The van der Waals surface area contributed by atoms with Crippen molar-refractivity contribution < 1.29 is 8.42 Å². The molecule has 0 saturated heterocycles. The molecule has 5 nitrogen and oxygen atoms in total.